The fourth-order valence-corrected chi connectivity index (χ4v) is 3.36. The number of carbonyl (C=O) groups excluding carboxylic acids is 2. The van der Waals surface area contributed by atoms with Crippen LogP contribution in [0.2, 0.25) is 10.0 Å². The summed E-state index contributed by atoms with van der Waals surface area (Å²) in [7, 11) is 0. The lowest BCUT2D eigenvalue weighted by Gasteiger charge is -2.11. The molecule has 0 aromatic heterocycles. The van der Waals surface area contributed by atoms with Gasteiger partial charge in [0, 0.05) is 11.6 Å². The number of alkyl halides is 2. The number of anilines is 1. The molecule has 3 rings (SSSR count). The van der Waals surface area contributed by atoms with Crippen molar-refractivity contribution in [3.8, 4) is 5.75 Å². The van der Waals surface area contributed by atoms with E-state index in [0.29, 0.717) is 24.5 Å². The summed E-state index contributed by atoms with van der Waals surface area (Å²) in [4.78, 5) is 24.0. The van der Waals surface area contributed by atoms with Crippen LogP contribution in [0.1, 0.15) is 16.8 Å². The minimum absolute atomic E-state index is 0.0340. The minimum atomic E-state index is -0.971. The summed E-state index contributed by atoms with van der Waals surface area (Å²) in [5, 5.41) is 4.56. The molecule has 2 aromatic carbocycles. The highest BCUT2D eigenvalue weighted by Gasteiger charge is 2.52. The number of urea groups is 1. The molecule has 2 N–H and O–H groups in total. The predicted molar refractivity (Wildman–Crippen MR) is 107 cm³/mol. The molecule has 148 valence electrons. The molecule has 0 heterocycles. The normalized spacial score (nSPS) is 17.0. The summed E-state index contributed by atoms with van der Waals surface area (Å²) in [5.41, 5.74) is -0.117. The molecule has 1 unspecified atom stereocenters. The molecular weight excluding hydrogens is 453 g/mol. The number of hydrogen-bond donors (Lipinski definition) is 2. The zero-order valence-electron chi connectivity index (χ0n) is 14.1. The Morgan fingerprint density at radius 1 is 1.18 bits per heavy atom. The summed E-state index contributed by atoms with van der Waals surface area (Å²) in [6.07, 6.45) is 0.646. The Hall–Kier alpha value is -1.73. The van der Waals surface area contributed by atoms with E-state index in [0.717, 1.165) is 6.07 Å². The van der Waals surface area contributed by atoms with Gasteiger partial charge in [-0.25, -0.2) is 9.18 Å². The van der Waals surface area contributed by atoms with Crippen LogP contribution in [-0.4, -0.2) is 22.9 Å². The van der Waals surface area contributed by atoms with E-state index in [1.165, 1.54) is 24.3 Å². The van der Waals surface area contributed by atoms with E-state index in [1.807, 2.05) is 5.32 Å². The van der Waals surface area contributed by atoms with Crippen molar-refractivity contribution in [1.29, 1.82) is 0 Å². The molecule has 0 saturated heterocycles. The van der Waals surface area contributed by atoms with Gasteiger partial charge in [0.2, 0.25) is 0 Å². The number of hydrogen-bond acceptors (Lipinski definition) is 3. The van der Waals surface area contributed by atoms with Crippen molar-refractivity contribution < 1.29 is 18.7 Å². The summed E-state index contributed by atoms with van der Waals surface area (Å²) in [5.74, 6) is -1.37. The van der Waals surface area contributed by atoms with Gasteiger partial charge in [-0.2, -0.15) is 0 Å². The Labute approximate surface area is 180 Å². The molecule has 1 saturated carbocycles. The van der Waals surface area contributed by atoms with Crippen LogP contribution < -0.4 is 15.4 Å². The van der Waals surface area contributed by atoms with Gasteiger partial charge in [0.25, 0.3) is 5.91 Å². The molecule has 1 aliphatic carbocycles. The fraction of sp³-hybridized carbons (Fsp3) is 0.222. The third-order valence-corrected chi connectivity index (χ3v) is 5.54. The van der Waals surface area contributed by atoms with Gasteiger partial charge in [0.1, 0.15) is 15.9 Å². The average Bonchev–Trinajstić information content (AvgIpc) is 3.20. The first-order valence-corrected chi connectivity index (χ1v) is 9.55. The molecule has 0 aliphatic heterocycles. The molecule has 1 fully saturated rings. The van der Waals surface area contributed by atoms with Crippen LogP contribution in [0.15, 0.2) is 36.4 Å². The molecule has 5 nitrogen and oxygen atoms in total. The van der Waals surface area contributed by atoms with E-state index in [2.05, 4.69) is 5.32 Å². The molecule has 0 bridgehead atoms. The Morgan fingerprint density at radius 2 is 1.89 bits per heavy atom. The maximum Gasteiger partial charge on any atom is 0.326 e. The number of benzene rings is 2. The van der Waals surface area contributed by atoms with Crippen LogP contribution in [0.4, 0.5) is 14.9 Å². The van der Waals surface area contributed by atoms with Crippen molar-refractivity contribution in [3.05, 3.63) is 57.8 Å². The van der Waals surface area contributed by atoms with Crippen molar-refractivity contribution >= 4 is 64.0 Å². The first-order valence-electron chi connectivity index (χ1n) is 8.04. The molecule has 0 radical (unpaired) electrons. The van der Waals surface area contributed by atoms with Crippen molar-refractivity contribution in [3.63, 3.8) is 0 Å². The van der Waals surface area contributed by atoms with Crippen LogP contribution in [0.3, 0.4) is 0 Å². The second kappa shape index (κ2) is 8.33. The Morgan fingerprint density at radius 3 is 2.50 bits per heavy atom. The predicted octanol–water partition coefficient (Wildman–Crippen LogP) is 5.67. The molecule has 2 aromatic rings. The highest BCUT2D eigenvalue weighted by atomic mass is 35.5. The summed E-state index contributed by atoms with van der Waals surface area (Å²) in [6, 6.07) is 7.42. The van der Waals surface area contributed by atoms with Crippen LogP contribution >= 0.6 is 46.4 Å². The molecular formula is C18H13Cl4FN2O3. The lowest BCUT2D eigenvalue weighted by Crippen LogP contribution is -2.35. The quantitative estimate of drug-likeness (QED) is 0.559. The molecule has 3 amide bonds. The van der Waals surface area contributed by atoms with Crippen molar-refractivity contribution in [1.82, 2.24) is 5.32 Å². The first-order chi connectivity index (χ1) is 13.2. The number of halogens is 5. The van der Waals surface area contributed by atoms with Gasteiger partial charge in [-0.3, -0.25) is 10.1 Å². The zero-order valence-corrected chi connectivity index (χ0v) is 17.1. The first kappa shape index (κ1) is 21.0. The van der Waals surface area contributed by atoms with Gasteiger partial charge < -0.3 is 10.1 Å². The van der Waals surface area contributed by atoms with Crippen LogP contribution in [0, 0.1) is 11.7 Å². The third kappa shape index (κ3) is 5.00. The van der Waals surface area contributed by atoms with E-state index in [9.17, 15) is 14.0 Å². The van der Waals surface area contributed by atoms with E-state index < -0.39 is 27.7 Å². The second-order valence-corrected chi connectivity index (χ2v) is 8.48. The van der Waals surface area contributed by atoms with E-state index in [1.54, 1.807) is 6.07 Å². The molecule has 0 spiro atoms. The maximum atomic E-state index is 13.7. The van der Waals surface area contributed by atoms with Crippen molar-refractivity contribution in [2.45, 2.75) is 10.8 Å². The van der Waals surface area contributed by atoms with Crippen LogP contribution in [-0.2, 0) is 0 Å². The van der Waals surface area contributed by atoms with Crippen molar-refractivity contribution in [2.75, 3.05) is 11.9 Å². The zero-order chi connectivity index (χ0) is 20.5. The summed E-state index contributed by atoms with van der Waals surface area (Å²) in [6.45, 7) is 0.317. The number of ether oxygens (including phenoxy) is 1. The second-order valence-electron chi connectivity index (χ2n) is 6.12. The number of imide groups is 1. The molecule has 1 aliphatic rings. The van der Waals surface area contributed by atoms with E-state index in [-0.39, 0.29) is 16.0 Å². The highest BCUT2D eigenvalue weighted by Crippen LogP contribution is 2.53. The number of nitrogens with one attached hydrogen (secondary N) is 2. The third-order valence-electron chi connectivity index (χ3n) is 4.00. The standard InChI is InChI=1S/C18H13Cl4FN2O3/c19-11-2-1-3-13(23)15(11)16(26)25-17(27)24-10-4-5-14(12(20)6-10)28-8-9-7-18(9,21)22/h1-6,9H,7-8H2,(H2,24,25,26,27). The maximum absolute atomic E-state index is 13.7. The summed E-state index contributed by atoms with van der Waals surface area (Å²) >= 11 is 23.8. The molecule has 28 heavy (non-hydrogen) atoms. The minimum Gasteiger partial charge on any atom is -0.492 e. The van der Waals surface area contributed by atoms with Crippen molar-refractivity contribution in [2.24, 2.45) is 5.92 Å². The van der Waals surface area contributed by atoms with Gasteiger partial charge in [0.15, 0.2) is 0 Å². The topological polar surface area (TPSA) is 67.4 Å². The van der Waals surface area contributed by atoms with Crippen LogP contribution in [0.25, 0.3) is 0 Å². The Kier molecular flexibility index (Phi) is 6.25. The largest absolute Gasteiger partial charge is 0.492 e. The van der Waals surface area contributed by atoms with Gasteiger partial charge in [0.05, 0.1) is 22.2 Å². The Bertz CT molecular complexity index is 919. The smallest absolute Gasteiger partial charge is 0.326 e. The number of carbonyl (C=O) groups is 2. The lowest BCUT2D eigenvalue weighted by molar-refractivity contribution is 0.0963. The van der Waals surface area contributed by atoms with Gasteiger partial charge in [-0.05, 0) is 36.8 Å². The monoisotopic (exact) mass is 464 g/mol. The number of amides is 3. The molecule has 10 heteroatoms. The van der Waals surface area contributed by atoms with E-state index >= 15 is 0 Å². The SMILES string of the molecule is O=C(NC(=O)c1c(F)cccc1Cl)Nc1ccc(OCC2CC2(Cl)Cl)c(Cl)c1. The van der Waals surface area contributed by atoms with Gasteiger partial charge >= 0.3 is 6.03 Å². The van der Waals surface area contributed by atoms with Crippen LogP contribution in [0.5, 0.6) is 5.75 Å². The number of rotatable bonds is 5. The van der Waals surface area contributed by atoms with Gasteiger partial charge in [-0.1, -0.05) is 29.3 Å². The van der Waals surface area contributed by atoms with E-state index in [4.69, 9.17) is 51.1 Å². The van der Waals surface area contributed by atoms with Gasteiger partial charge in [-0.15, -0.1) is 23.2 Å². The summed E-state index contributed by atoms with van der Waals surface area (Å²) < 4.78 is 18.5. The lowest BCUT2D eigenvalue weighted by atomic mass is 10.2. The average molecular weight is 466 g/mol. The molecule has 1 atom stereocenters. The fourth-order valence-electron chi connectivity index (χ4n) is 2.38. The Balaban J connectivity index is 1.58. The highest BCUT2D eigenvalue weighted by molar-refractivity contribution is 6.50.